The first-order chi connectivity index (χ1) is 8.36. The maximum absolute atomic E-state index is 12.3. The van der Waals surface area contributed by atoms with Crippen LogP contribution in [0.25, 0.3) is 0 Å². The molecule has 5 nitrogen and oxygen atoms in total. The van der Waals surface area contributed by atoms with Crippen molar-refractivity contribution in [2.45, 2.75) is 37.8 Å². The Kier molecular flexibility index (Phi) is 3.07. The Labute approximate surface area is 104 Å². The highest BCUT2D eigenvalue weighted by Gasteiger charge is 2.36. The second kappa shape index (κ2) is 4.70. The summed E-state index contributed by atoms with van der Waals surface area (Å²) in [7, 11) is 0. The van der Waals surface area contributed by atoms with Gasteiger partial charge in [-0.3, -0.25) is 4.79 Å². The van der Waals surface area contributed by atoms with Crippen LogP contribution in [-0.2, 0) is 0 Å². The van der Waals surface area contributed by atoms with Crippen molar-refractivity contribution in [2.24, 2.45) is 0 Å². The van der Waals surface area contributed by atoms with Gasteiger partial charge in [-0.25, -0.2) is 0 Å². The van der Waals surface area contributed by atoms with Crippen LogP contribution in [-0.4, -0.2) is 45.6 Å². The molecule has 3 heterocycles. The molecule has 1 N–H and O–H groups in total. The van der Waals surface area contributed by atoms with Crippen molar-refractivity contribution in [3.8, 4) is 0 Å². The first-order valence-corrected chi connectivity index (χ1v) is 6.95. The highest BCUT2D eigenvalue weighted by atomic mass is 32.1. The van der Waals surface area contributed by atoms with E-state index >= 15 is 0 Å². The van der Waals surface area contributed by atoms with Gasteiger partial charge in [-0.15, -0.1) is 5.10 Å². The molecule has 1 amide bonds. The predicted octanol–water partition coefficient (Wildman–Crippen LogP) is 0.895. The molecular formula is C11H16N4OS. The van der Waals surface area contributed by atoms with E-state index in [0.717, 1.165) is 25.9 Å². The van der Waals surface area contributed by atoms with Gasteiger partial charge >= 0.3 is 0 Å². The lowest BCUT2D eigenvalue weighted by atomic mass is 10.0. The number of nitrogens with one attached hydrogen (secondary N) is 1. The summed E-state index contributed by atoms with van der Waals surface area (Å²) < 4.78 is 3.77. The van der Waals surface area contributed by atoms with Crippen molar-refractivity contribution in [1.82, 2.24) is 19.8 Å². The van der Waals surface area contributed by atoms with Gasteiger partial charge in [0.15, 0.2) is 0 Å². The number of nitrogens with zero attached hydrogens (tertiary/aromatic N) is 3. The van der Waals surface area contributed by atoms with Crippen LogP contribution in [0.1, 0.15) is 35.4 Å². The van der Waals surface area contributed by atoms with Crippen LogP contribution in [0.2, 0.25) is 0 Å². The van der Waals surface area contributed by atoms with Crippen molar-refractivity contribution in [3.05, 3.63) is 11.1 Å². The number of rotatable bonds is 2. The van der Waals surface area contributed by atoms with Crippen molar-refractivity contribution >= 4 is 17.4 Å². The van der Waals surface area contributed by atoms with Crippen LogP contribution < -0.4 is 5.32 Å². The van der Waals surface area contributed by atoms with E-state index in [-0.39, 0.29) is 5.91 Å². The zero-order valence-electron chi connectivity index (χ0n) is 9.63. The summed E-state index contributed by atoms with van der Waals surface area (Å²) in [6.45, 7) is 1.96. The third-order valence-corrected chi connectivity index (χ3v) is 4.35. The van der Waals surface area contributed by atoms with Gasteiger partial charge in [0, 0.05) is 18.6 Å². The molecule has 1 aromatic rings. The second-order valence-corrected chi connectivity index (χ2v) is 5.48. The smallest absolute Gasteiger partial charge is 0.267 e. The fourth-order valence-corrected chi connectivity index (χ4v) is 3.38. The Morgan fingerprint density at radius 3 is 3.12 bits per heavy atom. The summed E-state index contributed by atoms with van der Waals surface area (Å²) in [5, 5.41) is 7.25. The SMILES string of the molecule is O=C(c1cnns1)N1CCCC1C1CCCN1. The van der Waals surface area contributed by atoms with Gasteiger partial charge in [0.2, 0.25) is 0 Å². The number of hydrogen-bond donors (Lipinski definition) is 1. The molecule has 2 aliphatic heterocycles. The number of amides is 1. The summed E-state index contributed by atoms with van der Waals surface area (Å²) in [6.07, 6.45) is 6.22. The Bertz CT molecular complexity index is 388. The number of hydrogen-bond acceptors (Lipinski definition) is 5. The van der Waals surface area contributed by atoms with Crippen molar-refractivity contribution in [3.63, 3.8) is 0 Å². The Morgan fingerprint density at radius 2 is 2.41 bits per heavy atom. The molecular weight excluding hydrogens is 236 g/mol. The van der Waals surface area contributed by atoms with Crippen LogP contribution in [0.4, 0.5) is 0 Å². The van der Waals surface area contributed by atoms with E-state index in [1.165, 1.54) is 24.4 Å². The largest absolute Gasteiger partial charge is 0.333 e. The number of aromatic nitrogens is 2. The summed E-state index contributed by atoms with van der Waals surface area (Å²) in [4.78, 5) is 15.0. The third-order valence-electron chi connectivity index (χ3n) is 3.70. The molecule has 2 unspecified atom stereocenters. The van der Waals surface area contributed by atoms with Gasteiger partial charge in [0.1, 0.15) is 4.88 Å². The summed E-state index contributed by atoms with van der Waals surface area (Å²) in [5.41, 5.74) is 0. The molecule has 6 heteroatoms. The lowest BCUT2D eigenvalue weighted by Crippen LogP contribution is -2.46. The number of likely N-dealkylation sites (tertiary alicyclic amines) is 1. The zero-order valence-corrected chi connectivity index (χ0v) is 10.4. The standard InChI is InChI=1S/C11H16N4OS/c16-11(10-7-13-14-17-10)15-6-2-4-9(15)8-3-1-5-12-8/h7-9,12H,1-6H2. The summed E-state index contributed by atoms with van der Waals surface area (Å²) in [6, 6.07) is 0.856. The van der Waals surface area contributed by atoms with Crippen molar-refractivity contribution in [1.29, 1.82) is 0 Å². The fraction of sp³-hybridized carbons (Fsp3) is 0.727. The highest BCUT2D eigenvalue weighted by Crippen LogP contribution is 2.26. The molecule has 0 aromatic carbocycles. The Morgan fingerprint density at radius 1 is 1.47 bits per heavy atom. The van der Waals surface area contributed by atoms with E-state index in [2.05, 4.69) is 14.9 Å². The normalized spacial score (nSPS) is 28.8. The molecule has 0 aliphatic carbocycles. The van der Waals surface area contributed by atoms with Gasteiger partial charge in [0.05, 0.1) is 6.20 Å². The fourth-order valence-electron chi connectivity index (χ4n) is 2.91. The van der Waals surface area contributed by atoms with Crippen LogP contribution in [0.5, 0.6) is 0 Å². The summed E-state index contributed by atoms with van der Waals surface area (Å²) in [5.74, 6) is 0.108. The molecule has 2 atom stereocenters. The molecule has 2 fully saturated rings. The van der Waals surface area contributed by atoms with E-state index in [0.29, 0.717) is 17.0 Å². The molecule has 0 spiro atoms. The van der Waals surface area contributed by atoms with E-state index < -0.39 is 0 Å². The molecule has 3 rings (SSSR count). The minimum absolute atomic E-state index is 0.108. The third kappa shape index (κ3) is 2.07. The Hall–Kier alpha value is -1.01. The van der Waals surface area contributed by atoms with Crippen LogP contribution in [0.3, 0.4) is 0 Å². The lowest BCUT2D eigenvalue weighted by molar-refractivity contribution is 0.0716. The minimum atomic E-state index is 0.108. The maximum Gasteiger partial charge on any atom is 0.267 e. The second-order valence-electron chi connectivity index (χ2n) is 4.69. The van der Waals surface area contributed by atoms with E-state index in [1.54, 1.807) is 6.20 Å². The van der Waals surface area contributed by atoms with E-state index in [9.17, 15) is 4.79 Å². The predicted molar refractivity (Wildman–Crippen MR) is 65.0 cm³/mol. The molecule has 1 aromatic heterocycles. The molecule has 0 bridgehead atoms. The molecule has 2 saturated heterocycles. The van der Waals surface area contributed by atoms with Gasteiger partial charge in [-0.05, 0) is 43.8 Å². The van der Waals surface area contributed by atoms with Crippen molar-refractivity contribution in [2.75, 3.05) is 13.1 Å². The zero-order chi connectivity index (χ0) is 11.7. The number of carbonyl (C=O) groups is 1. The molecule has 92 valence electrons. The van der Waals surface area contributed by atoms with Gasteiger partial charge in [0.25, 0.3) is 5.91 Å². The van der Waals surface area contributed by atoms with Gasteiger partial charge in [-0.1, -0.05) is 4.49 Å². The molecule has 0 saturated carbocycles. The topological polar surface area (TPSA) is 58.1 Å². The molecule has 2 aliphatic rings. The quantitative estimate of drug-likeness (QED) is 0.849. The lowest BCUT2D eigenvalue weighted by Gasteiger charge is -2.29. The van der Waals surface area contributed by atoms with Crippen LogP contribution in [0, 0.1) is 0 Å². The monoisotopic (exact) mass is 252 g/mol. The number of carbonyl (C=O) groups excluding carboxylic acids is 1. The van der Waals surface area contributed by atoms with Crippen LogP contribution in [0.15, 0.2) is 6.20 Å². The molecule has 17 heavy (non-hydrogen) atoms. The maximum atomic E-state index is 12.3. The van der Waals surface area contributed by atoms with E-state index in [1.807, 2.05) is 4.90 Å². The van der Waals surface area contributed by atoms with Crippen molar-refractivity contribution < 1.29 is 4.79 Å². The Balaban J connectivity index is 1.75. The first-order valence-electron chi connectivity index (χ1n) is 6.18. The highest BCUT2D eigenvalue weighted by molar-refractivity contribution is 7.07. The van der Waals surface area contributed by atoms with Gasteiger partial charge < -0.3 is 10.2 Å². The average Bonchev–Trinajstić information content (AvgIpc) is 3.09. The average molecular weight is 252 g/mol. The first kappa shape index (κ1) is 11.1. The van der Waals surface area contributed by atoms with Gasteiger partial charge in [-0.2, -0.15) is 0 Å². The molecule has 0 radical (unpaired) electrons. The van der Waals surface area contributed by atoms with Crippen LogP contribution >= 0.6 is 11.5 Å². The van der Waals surface area contributed by atoms with E-state index in [4.69, 9.17) is 0 Å². The minimum Gasteiger partial charge on any atom is -0.333 e. The summed E-state index contributed by atoms with van der Waals surface area (Å²) >= 11 is 1.19.